The summed E-state index contributed by atoms with van der Waals surface area (Å²) in [5.74, 6) is 0.135. The van der Waals surface area contributed by atoms with E-state index in [4.69, 9.17) is 0 Å². The Bertz CT molecular complexity index is 1290. The Morgan fingerprint density at radius 3 is 2.60 bits per heavy atom. The largest absolute Gasteiger partial charge is 0.390 e. The van der Waals surface area contributed by atoms with Crippen molar-refractivity contribution in [2.45, 2.75) is 87.3 Å². The van der Waals surface area contributed by atoms with E-state index < -0.39 is 29.9 Å². The molecule has 9 heteroatoms. The quantitative estimate of drug-likeness (QED) is 0.327. The predicted molar refractivity (Wildman–Crippen MR) is 163 cm³/mol. The lowest BCUT2D eigenvalue weighted by Crippen LogP contribution is -2.57. The molecule has 42 heavy (non-hydrogen) atoms. The third kappa shape index (κ3) is 6.16. The molecule has 7 nitrogen and oxygen atoms in total. The highest BCUT2D eigenvalue weighted by Crippen LogP contribution is 2.46. The zero-order valence-electron chi connectivity index (χ0n) is 24.3. The lowest BCUT2D eigenvalue weighted by molar-refractivity contribution is -0.143. The zero-order valence-corrected chi connectivity index (χ0v) is 25.9. The average Bonchev–Trinajstić information content (AvgIpc) is 3.90. The van der Waals surface area contributed by atoms with Crippen LogP contribution in [0.4, 0.5) is 4.39 Å². The van der Waals surface area contributed by atoms with Crippen LogP contribution in [-0.2, 0) is 21.5 Å². The van der Waals surface area contributed by atoms with E-state index in [-0.39, 0.29) is 23.8 Å². The smallest absolute Gasteiger partial charge is 0.243 e. The van der Waals surface area contributed by atoms with Crippen molar-refractivity contribution in [3.63, 3.8) is 0 Å². The highest BCUT2D eigenvalue weighted by Gasteiger charge is 2.58. The molecule has 0 radical (unpaired) electrons. The van der Waals surface area contributed by atoms with Crippen molar-refractivity contribution >= 4 is 27.7 Å². The molecule has 2 aliphatic heterocycles. The van der Waals surface area contributed by atoms with Gasteiger partial charge in [-0.1, -0.05) is 58.4 Å². The van der Waals surface area contributed by atoms with Crippen molar-refractivity contribution in [2.75, 3.05) is 26.2 Å². The number of halogens is 2. The summed E-state index contributed by atoms with van der Waals surface area (Å²) in [5.41, 5.74) is 1.20. The van der Waals surface area contributed by atoms with Gasteiger partial charge in [0.25, 0.3) is 0 Å². The third-order valence-corrected chi connectivity index (χ3v) is 10.4. The molecule has 2 aliphatic carbocycles. The average molecular weight is 642 g/mol. The second kappa shape index (κ2) is 12.0. The van der Waals surface area contributed by atoms with E-state index in [0.717, 1.165) is 42.3 Å². The first-order chi connectivity index (χ1) is 20.2. The minimum absolute atomic E-state index is 0.127. The van der Waals surface area contributed by atoms with Gasteiger partial charge in [0.15, 0.2) is 0 Å². The molecule has 6 rings (SSSR count). The van der Waals surface area contributed by atoms with Crippen molar-refractivity contribution in [3.8, 4) is 0 Å². The van der Waals surface area contributed by atoms with Crippen molar-refractivity contribution in [3.05, 3.63) is 70.2 Å². The number of aliphatic hydroxyl groups excluding tert-OH is 1. The van der Waals surface area contributed by atoms with E-state index in [1.165, 1.54) is 5.56 Å². The number of nitrogens with zero attached hydrogens (tertiary/aromatic N) is 2. The Morgan fingerprint density at radius 2 is 1.90 bits per heavy atom. The van der Waals surface area contributed by atoms with Crippen molar-refractivity contribution < 1.29 is 19.1 Å². The number of likely N-dealkylation sites (tertiary alicyclic amines) is 2. The molecule has 2 aromatic rings. The van der Waals surface area contributed by atoms with Crippen LogP contribution in [0.1, 0.15) is 56.6 Å². The first-order valence-electron chi connectivity index (χ1n) is 15.4. The van der Waals surface area contributed by atoms with Crippen LogP contribution in [0.15, 0.2) is 59.1 Å². The molecule has 2 amide bonds. The summed E-state index contributed by atoms with van der Waals surface area (Å²) in [5, 5.41) is 18.1. The summed E-state index contributed by atoms with van der Waals surface area (Å²) in [6.07, 6.45) is 3.62. The van der Waals surface area contributed by atoms with Gasteiger partial charge in [-0.05, 0) is 74.6 Å². The highest BCUT2D eigenvalue weighted by molar-refractivity contribution is 9.10. The van der Waals surface area contributed by atoms with E-state index in [0.29, 0.717) is 38.4 Å². The molecule has 0 aromatic heterocycles. The maximum atomic E-state index is 14.6. The number of hydrogen-bond acceptors (Lipinski definition) is 5. The minimum Gasteiger partial charge on any atom is -0.390 e. The Labute approximate surface area is 256 Å². The van der Waals surface area contributed by atoms with Gasteiger partial charge in [-0.2, -0.15) is 0 Å². The molecular formula is C33H42BrFN4O3. The molecule has 4 aliphatic rings. The molecule has 226 valence electrons. The summed E-state index contributed by atoms with van der Waals surface area (Å²) < 4.78 is 15.6. The van der Waals surface area contributed by atoms with Gasteiger partial charge in [0.05, 0.1) is 12.1 Å². The molecule has 5 atom stereocenters. The zero-order chi connectivity index (χ0) is 29.5. The highest BCUT2D eigenvalue weighted by atomic mass is 79.9. The fraction of sp³-hybridized carbons (Fsp3) is 0.576. The lowest BCUT2D eigenvalue weighted by Gasteiger charge is -2.34. The van der Waals surface area contributed by atoms with E-state index in [1.54, 1.807) is 11.8 Å². The first-order valence-corrected chi connectivity index (χ1v) is 16.2. The number of aliphatic hydroxyl groups is 1. The number of alkyl halides is 1. The van der Waals surface area contributed by atoms with Gasteiger partial charge in [-0.25, -0.2) is 4.39 Å². The van der Waals surface area contributed by atoms with E-state index in [1.807, 2.05) is 42.5 Å². The van der Waals surface area contributed by atoms with Crippen LogP contribution in [0.3, 0.4) is 0 Å². The Kier molecular flexibility index (Phi) is 8.48. The standard InChI is InChI=1S/C33H42BrFN4O3/c1-22(39-15-14-33(31(39)42)18-27(35)21-38(33)20-24-10-11-24)30(41)37-28(16-23-6-3-2-4-7-23)29(40)19-36-32(12-13-32)25-8-5-9-26(34)17-25/h2-9,17,22,24,27-29,36,40H,10-16,18-21H2,1H3,(H,37,41)/t22-,27-,28-,29+,33-/m0/s1. The van der Waals surface area contributed by atoms with Crippen LogP contribution in [0.5, 0.6) is 0 Å². The molecule has 2 aromatic carbocycles. The number of carbonyl (C=O) groups excluding carboxylic acids is 2. The molecule has 2 saturated carbocycles. The fourth-order valence-electron chi connectivity index (χ4n) is 6.99. The van der Waals surface area contributed by atoms with Crippen LogP contribution in [0, 0.1) is 5.92 Å². The van der Waals surface area contributed by atoms with Crippen molar-refractivity contribution in [1.29, 1.82) is 0 Å². The molecule has 3 N–H and O–H groups in total. The number of carbonyl (C=O) groups is 2. The van der Waals surface area contributed by atoms with Crippen molar-refractivity contribution in [2.24, 2.45) is 5.92 Å². The van der Waals surface area contributed by atoms with Crippen LogP contribution in [-0.4, -0.2) is 82.8 Å². The van der Waals surface area contributed by atoms with Gasteiger partial charge in [0.2, 0.25) is 11.8 Å². The van der Waals surface area contributed by atoms with Gasteiger partial charge < -0.3 is 20.6 Å². The second-order valence-electron chi connectivity index (χ2n) is 13.0. The number of hydrogen-bond donors (Lipinski definition) is 3. The van der Waals surface area contributed by atoms with Crippen LogP contribution in [0.25, 0.3) is 0 Å². The summed E-state index contributed by atoms with van der Waals surface area (Å²) in [4.78, 5) is 31.2. The SMILES string of the molecule is C[C@@H](C(=O)N[C@@H](Cc1ccccc1)[C@H](O)CNC1(c2cccc(Br)c2)CC1)N1CC[C@]2(C[C@H](F)CN2CC2CC2)C1=O. The molecular weight excluding hydrogens is 599 g/mol. The third-order valence-electron chi connectivity index (χ3n) is 9.90. The lowest BCUT2D eigenvalue weighted by atomic mass is 9.93. The molecule has 0 bridgehead atoms. The van der Waals surface area contributed by atoms with E-state index in [2.05, 4.69) is 43.6 Å². The van der Waals surface area contributed by atoms with Crippen LogP contribution >= 0.6 is 15.9 Å². The van der Waals surface area contributed by atoms with Gasteiger partial charge in [0.1, 0.15) is 17.8 Å². The van der Waals surface area contributed by atoms with Gasteiger partial charge in [-0.3, -0.25) is 14.5 Å². The number of nitrogens with one attached hydrogen (secondary N) is 2. The van der Waals surface area contributed by atoms with Crippen LogP contribution in [0.2, 0.25) is 0 Å². The Hall–Kier alpha value is -2.33. The monoisotopic (exact) mass is 640 g/mol. The van der Waals surface area contributed by atoms with E-state index >= 15 is 0 Å². The number of amides is 2. The Balaban J connectivity index is 1.13. The molecule has 2 saturated heterocycles. The summed E-state index contributed by atoms with van der Waals surface area (Å²) in [6, 6.07) is 16.8. The number of rotatable bonds is 12. The Morgan fingerprint density at radius 1 is 1.14 bits per heavy atom. The molecule has 2 heterocycles. The molecule has 4 fully saturated rings. The maximum Gasteiger partial charge on any atom is 0.243 e. The normalized spacial score (nSPS) is 27.3. The van der Waals surface area contributed by atoms with Crippen LogP contribution < -0.4 is 10.6 Å². The first kappa shape index (κ1) is 29.7. The topological polar surface area (TPSA) is 84.9 Å². The van der Waals surface area contributed by atoms with Crippen molar-refractivity contribution in [1.82, 2.24) is 20.4 Å². The number of benzene rings is 2. The van der Waals surface area contributed by atoms with Gasteiger partial charge in [0, 0.05) is 42.6 Å². The maximum absolute atomic E-state index is 14.6. The predicted octanol–water partition coefficient (Wildman–Crippen LogP) is 3.93. The van der Waals surface area contributed by atoms with Gasteiger partial charge in [-0.15, -0.1) is 0 Å². The summed E-state index contributed by atoms with van der Waals surface area (Å²) in [6.45, 7) is 3.56. The molecule has 1 spiro atoms. The fourth-order valence-corrected chi connectivity index (χ4v) is 7.39. The molecule has 0 unspecified atom stereocenters. The van der Waals surface area contributed by atoms with Gasteiger partial charge >= 0.3 is 0 Å². The summed E-state index contributed by atoms with van der Waals surface area (Å²) >= 11 is 3.56. The van der Waals surface area contributed by atoms with E-state index in [9.17, 15) is 19.1 Å². The minimum atomic E-state index is -1.01. The summed E-state index contributed by atoms with van der Waals surface area (Å²) in [7, 11) is 0. The second-order valence-corrected chi connectivity index (χ2v) is 13.9.